The molecule has 19 heavy (non-hydrogen) atoms. The molecule has 0 saturated heterocycles. The maximum Gasteiger partial charge on any atom is 0.285 e. The molecule has 0 spiro atoms. The molecule has 0 aliphatic rings. The van der Waals surface area contributed by atoms with Gasteiger partial charge < -0.3 is 10.6 Å². The first-order valence-electron chi connectivity index (χ1n) is 6.16. The lowest BCUT2D eigenvalue weighted by Crippen LogP contribution is -2.46. The summed E-state index contributed by atoms with van der Waals surface area (Å²) in [5, 5.41) is 5.18. The molecule has 1 aromatic rings. The van der Waals surface area contributed by atoms with Crippen molar-refractivity contribution in [1.82, 2.24) is 10.6 Å². The highest BCUT2D eigenvalue weighted by molar-refractivity contribution is 5.78. The van der Waals surface area contributed by atoms with E-state index in [1.165, 1.54) is 12.1 Å². The van der Waals surface area contributed by atoms with Crippen LogP contribution in [0.4, 0.5) is 8.78 Å². The van der Waals surface area contributed by atoms with Crippen LogP contribution < -0.4 is 10.6 Å². The van der Waals surface area contributed by atoms with Gasteiger partial charge in [0.05, 0.1) is 13.1 Å². The van der Waals surface area contributed by atoms with Crippen molar-refractivity contribution in [3.8, 4) is 0 Å². The predicted octanol–water partition coefficient (Wildman–Crippen LogP) is 2.28. The Balaban J connectivity index is 2.43. The number of halogens is 2. The molecule has 0 atom stereocenters. The zero-order valence-electron chi connectivity index (χ0n) is 11.5. The summed E-state index contributed by atoms with van der Waals surface area (Å²) >= 11 is 0. The third-order valence-electron chi connectivity index (χ3n) is 2.34. The number of benzene rings is 1. The van der Waals surface area contributed by atoms with Gasteiger partial charge in [-0.15, -0.1) is 0 Å². The topological polar surface area (TPSA) is 41.1 Å². The van der Waals surface area contributed by atoms with Gasteiger partial charge in [-0.3, -0.25) is 4.79 Å². The lowest BCUT2D eigenvalue weighted by molar-refractivity contribution is -0.121. The van der Waals surface area contributed by atoms with Crippen LogP contribution in [0.1, 0.15) is 26.3 Å². The molecule has 0 aliphatic carbocycles. The molecule has 1 amide bonds. The highest BCUT2D eigenvalue weighted by atomic mass is 19.3. The SMILES string of the molecule is CC(C)(C)NC(=O)CNCC(F)(F)c1ccccc1. The Morgan fingerprint density at radius 2 is 1.74 bits per heavy atom. The summed E-state index contributed by atoms with van der Waals surface area (Å²) < 4.78 is 27.5. The van der Waals surface area contributed by atoms with E-state index < -0.39 is 12.5 Å². The first-order valence-corrected chi connectivity index (χ1v) is 6.16. The van der Waals surface area contributed by atoms with Gasteiger partial charge in [0, 0.05) is 11.1 Å². The van der Waals surface area contributed by atoms with Crippen LogP contribution in [0.25, 0.3) is 0 Å². The van der Waals surface area contributed by atoms with E-state index in [0.29, 0.717) is 0 Å². The van der Waals surface area contributed by atoms with Gasteiger partial charge in [0.2, 0.25) is 5.91 Å². The average Bonchev–Trinajstić information content (AvgIpc) is 2.27. The van der Waals surface area contributed by atoms with Gasteiger partial charge in [-0.1, -0.05) is 30.3 Å². The van der Waals surface area contributed by atoms with Crippen molar-refractivity contribution in [2.75, 3.05) is 13.1 Å². The van der Waals surface area contributed by atoms with Gasteiger partial charge in [-0.25, -0.2) is 0 Å². The van der Waals surface area contributed by atoms with Crippen LogP contribution in [0.5, 0.6) is 0 Å². The monoisotopic (exact) mass is 270 g/mol. The molecule has 5 heteroatoms. The molecule has 1 aromatic carbocycles. The maximum absolute atomic E-state index is 13.8. The molecule has 106 valence electrons. The molecule has 0 bridgehead atoms. The molecule has 0 saturated carbocycles. The summed E-state index contributed by atoms with van der Waals surface area (Å²) in [5.41, 5.74) is -0.417. The number of hydrogen-bond donors (Lipinski definition) is 2. The van der Waals surface area contributed by atoms with Crippen LogP contribution in [0.2, 0.25) is 0 Å². The summed E-state index contributed by atoms with van der Waals surface area (Å²) in [7, 11) is 0. The van der Waals surface area contributed by atoms with E-state index in [-0.39, 0.29) is 23.6 Å². The highest BCUT2D eigenvalue weighted by Gasteiger charge is 2.30. The number of rotatable bonds is 5. The van der Waals surface area contributed by atoms with E-state index in [1.807, 2.05) is 20.8 Å². The Kier molecular flexibility index (Phi) is 5.00. The Bertz CT molecular complexity index is 413. The van der Waals surface area contributed by atoms with Gasteiger partial charge in [-0.2, -0.15) is 8.78 Å². The molecule has 0 aromatic heterocycles. The second-order valence-corrected chi connectivity index (χ2v) is 5.47. The van der Waals surface area contributed by atoms with Crippen molar-refractivity contribution >= 4 is 5.91 Å². The first kappa shape index (κ1) is 15.6. The summed E-state index contributed by atoms with van der Waals surface area (Å²) in [6, 6.07) is 7.56. The smallest absolute Gasteiger partial charge is 0.285 e. The molecule has 0 fully saturated rings. The number of alkyl halides is 2. The zero-order valence-corrected chi connectivity index (χ0v) is 11.5. The van der Waals surface area contributed by atoms with Crippen LogP contribution in [0, 0.1) is 0 Å². The third kappa shape index (κ3) is 5.79. The van der Waals surface area contributed by atoms with Gasteiger partial charge in [-0.05, 0) is 20.8 Å². The summed E-state index contributed by atoms with van der Waals surface area (Å²) in [5.74, 6) is -3.28. The molecular formula is C14H20F2N2O. The van der Waals surface area contributed by atoms with Crippen molar-refractivity contribution in [2.45, 2.75) is 32.2 Å². The van der Waals surface area contributed by atoms with E-state index in [2.05, 4.69) is 10.6 Å². The van der Waals surface area contributed by atoms with Crippen molar-refractivity contribution in [3.05, 3.63) is 35.9 Å². The largest absolute Gasteiger partial charge is 0.350 e. The summed E-state index contributed by atoms with van der Waals surface area (Å²) in [4.78, 5) is 11.5. The second-order valence-electron chi connectivity index (χ2n) is 5.47. The second kappa shape index (κ2) is 6.10. The molecule has 0 aliphatic heterocycles. The molecule has 2 N–H and O–H groups in total. The van der Waals surface area contributed by atoms with Crippen LogP contribution in [-0.4, -0.2) is 24.5 Å². The lowest BCUT2D eigenvalue weighted by Gasteiger charge is -2.21. The standard InChI is InChI=1S/C14H20F2N2O/c1-13(2,3)18-12(19)9-17-10-14(15,16)11-7-5-4-6-8-11/h4-8,17H,9-10H2,1-3H3,(H,18,19). The molecule has 0 radical (unpaired) electrons. The number of hydrogen-bond acceptors (Lipinski definition) is 2. The van der Waals surface area contributed by atoms with E-state index in [9.17, 15) is 13.6 Å². The fourth-order valence-electron chi connectivity index (χ4n) is 1.58. The van der Waals surface area contributed by atoms with Crippen molar-refractivity contribution in [3.63, 3.8) is 0 Å². The average molecular weight is 270 g/mol. The quantitative estimate of drug-likeness (QED) is 0.862. The van der Waals surface area contributed by atoms with E-state index in [4.69, 9.17) is 0 Å². The first-order chi connectivity index (χ1) is 8.71. The highest BCUT2D eigenvalue weighted by Crippen LogP contribution is 2.26. The van der Waals surface area contributed by atoms with Crippen molar-refractivity contribution in [2.24, 2.45) is 0 Å². The zero-order chi connectivity index (χ0) is 14.5. The Labute approximate surface area is 112 Å². The maximum atomic E-state index is 13.8. The van der Waals surface area contributed by atoms with Gasteiger partial charge in [0.25, 0.3) is 5.92 Å². The number of nitrogens with one attached hydrogen (secondary N) is 2. The number of carbonyl (C=O) groups is 1. The van der Waals surface area contributed by atoms with E-state index >= 15 is 0 Å². The molecule has 0 heterocycles. The predicted molar refractivity (Wildman–Crippen MR) is 71.1 cm³/mol. The van der Waals surface area contributed by atoms with Crippen molar-refractivity contribution < 1.29 is 13.6 Å². The number of carbonyl (C=O) groups excluding carboxylic acids is 1. The lowest BCUT2D eigenvalue weighted by atomic mass is 10.1. The molecule has 1 rings (SSSR count). The summed E-state index contributed by atoms with van der Waals surface area (Å²) in [6.07, 6.45) is 0. The van der Waals surface area contributed by atoms with Crippen LogP contribution in [-0.2, 0) is 10.7 Å². The van der Waals surface area contributed by atoms with Crippen LogP contribution in [0.3, 0.4) is 0 Å². The molecular weight excluding hydrogens is 250 g/mol. The minimum absolute atomic E-state index is 0.0567. The van der Waals surface area contributed by atoms with Gasteiger partial charge in [0.15, 0.2) is 0 Å². The van der Waals surface area contributed by atoms with E-state index in [0.717, 1.165) is 0 Å². The minimum Gasteiger partial charge on any atom is -0.350 e. The Morgan fingerprint density at radius 3 is 2.26 bits per heavy atom. The normalized spacial score (nSPS) is 12.3. The summed E-state index contributed by atoms with van der Waals surface area (Å²) in [6.45, 7) is 4.82. The van der Waals surface area contributed by atoms with Crippen LogP contribution >= 0.6 is 0 Å². The van der Waals surface area contributed by atoms with Crippen LogP contribution in [0.15, 0.2) is 30.3 Å². The Hall–Kier alpha value is -1.49. The Morgan fingerprint density at radius 1 is 1.16 bits per heavy atom. The van der Waals surface area contributed by atoms with Gasteiger partial charge >= 0.3 is 0 Å². The minimum atomic E-state index is -2.98. The van der Waals surface area contributed by atoms with Gasteiger partial charge in [0.1, 0.15) is 0 Å². The molecule has 0 unspecified atom stereocenters. The number of amides is 1. The third-order valence-corrected chi connectivity index (χ3v) is 2.34. The van der Waals surface area contributed by atoms with E-state index in [1.54, 1.807) is 18.2 Å². The van der Waals surface area contributed by atoms with Crippen molar-refractivity contribution in [1.29, 1.82) is 0 Å². The fourth-order valence-corrected chi connectivity index (χ4v) is 1.58. The molecule has 3 nitrogen and oxygen atoms in total. The fraction of sp³-hybridized carbons (Fsp3) is 0.500.